The standard InChI is InChI=1S/C16H22N2O4/c1-10(9-17)11-7-13(20-5)14(21-6)8-12(11)18-15(19)22-16(2,3)4/h7-8,10H,1-6H3,(H,18,19). The van der Waals surface area contributed by atoms with Crippen molar-refractivity contribution in [2.24, 2.45) is 0 Å². The molecule has 0 saturated heterocycles. The zero-order chi connectivity index (χ0) is 16.9. The Morgan fingerprint density at radius 1 is 1.23 bits per heavy atom. The van der Waals surface area contributed by atoms with Crippen LogP contribution < -0.4 is 14.8 Å². The number of methoxy groups -OCH3 is 2. The van der Waals surface area contributed by atoms with E-state index in [0.29, 0.717) is 22.7 Å². The SMILES string of the molecule is COc1cc(NC(=O)OC(C)(C)C)c(C(C)C#N)cc1OC. The number of carbonyl (C=O) groups excluding carboxylic acids is 1. The smallest absolute Gasteiger partial charge is 0.412 e. The number of nitrogens with zero attached hydrogens (tertiary/aromatic N) is 1. The Bertz CT molecular complexity index is 585. The molecule has 0 spiro atoms. The number of benzene rings is 1. The second-order valence-electron chi connectivity index (χ2n) is 5.77. The number of nitriles is 1. The van der Waals surface area contributed by atoms with Crippen LogP contribution in [0.15, 0.2) is 12.1 Å². The summed E-state index contributed by atoms with van der Waals surface area (Å²) in [6.45, 7) is 7.07. The number of hydrogen-bond donors (Lipinski definition) is 1. The van der Waals surface area contributed by atoms with E-state index in [-0.39, 0.29) is 0 Å². The molecule has 1 unspecified atom stereocenters. The summed E-state index contributed by atoms with van der Waals surface area (Å²) in [4.78, 5) is 12.0. The first kappa shape index (κ1) is 17.6. The van der Waals surface area contributed by atoms with Crippen LogP contribution in [0.4, 0.5) is 10.5 Å². The molecule has 1 aromatic rings. The molecule has 0 aliphatic rings. The van der Waals surface area contributed by atoms with Gasteiger partial charge in [0.15, 0.2) is 11.5 Å². The lowest BCUT2D eigenvalue weighted by Crippen LogP contribution is -2.27. The molecule has 1 atom stereocenters. The lowest BCUT2D eigenvalue weighted by atomic mass is 9.99. The third-order valence-electron chi connectivity index (χ3n) is 2.85. The number of ether oxygens (including phenoxy) is 3. The second kappa shape index (κ2) is 7.03. The first-order valence-corrected chi connectivity index (χ1v) is 6.87. The minimum atomic E-state index is -0.609. The van der Waals surface area contributed by atoms with Crippen molar-refractivity contribution in [2.75, 3.05) is 19.5 Å². The Morgan fingerprint density at radius 2 is 1.77 bits per heavy atom. The van der Waals surface area contributed by atoms with Gasteiger partial charge >= 0.3 is 6.09 Å². The summed E-state index contributed by atoms with van der Waals surface area (Å²) >= 11 is 0. The van der Waals surface area contributed by atoms with Crippen LogP contribution in [0.2, 0.25) is 0 Å². The average molecular weight is 306 g/mol. The second-order valence-corrected chi connectivity index (χ2v) is 5.77. The molecule has 0 heterocycles. The Kier molecular flexibility index (Phi) is 5.63. The third-order valence-corrected chi connectivity index (χ3v) is 2.85. The van der Waals surface area contributed by atoms with Crippen molar-refractivity contribution in [3.8, 4) is 17.6 Å². The molecule has 0 aliphatic carbocycles. The molecule has 1 amide bonds. The van der Waals surface area contributed by atoms with Crippen molar-refractivity contribution in [1.82, 2.24) is 0 Å². The van der Waals surface area contributed by atoms with E-state index in [0.717, 1.165) is 0 Å². The van der Waals surface area contributed by atoms with Crippen LogP contribution in [-0.4, -0.2) is 25.9 Å². The van der Waals surface area contributed by atoms with Gasteiger partial charge in [-0.1, -0.05) is 0 Å². The zero-order valence-corrected chi connectivity index (χ0v) is 13.8. The van der Waals surface area contributed by atoms with Gasteiger partial charge in [-0.3, -0.25) is 5.32 Å². The highest BCUT2D eigenvalue weighted by Crippen LogP contribution is 2.36. The summed E-state index contributed by atoms with van der Waals surface area (Å²) in [5.74, 6) is 0.529. The van der Waals surface area contributed by atoms with E-state index in [9.17, 15) is 4.79 Å². The summed E-state index contributed by atoms with van der Waals surface area (Å²) in [5.41, 5.74) is 0.480. The van der Waals surface area contributed by atoms with Crippen LogP contribution in [0.3, 0.4) is 0 Å². The van der Waals surface area contributed by atoms with Gasteiger partial charge in [0.25, 0.3) is 0 Å². The normalized spacial score (nSPS) is 12.0. The summed E-state index contributed by atoms with van der Waals surface area (Å²) < 4.78 is 15.7. The van der Waals surface area contributed by atoms with E-state index < -0.39 is 17.6 Å². The number of carbonyl (C=O) groups is 1. The van der Waals surface area contributed by atoms with Crippen LogP contribution in [0.5, 0.6) is 11.5 Å². The lowest BCUT2D eigenvalue weighted by molar-refractivity contribution is 0.0635. The van der Waals surface area contributed by atoms with Gasteiger partial charge in [0.2, 0.25) is 0 Å². The number of anilines is 1. The summed E-state index contributed by atoms with van der Waals surface area (Å²) in [7, 11) is 3.02. The molecular weight excluding hydrogens is 284 g/mol. The van der Waals surface area contributed by atoms with Crippen molar-refractivity contribution < 1.29 is 19.0 Å². The van der Waals surface area contributed by atoms with Crippen molar-refractivity contribution in [3.05, 3.63) is 17.7 Å². The van der Waals surface area contributed by atoms with Gasteiger partial charge in [0, 0.05) is 6.07 Å². The van der Waals surface area contributed by atoms with Crippen molar-refractivity contribution in [1.29, 1.82) is 5.26 Å². The molecule has 1 rings (SSSR count). The molecule has 1 N–H and O–H groups in total. The summed E-state index contributed by atoms with van der Waals surface area (Å²) in [5, 5.41) is 11.8. The minimum absolute atomic E-state index is 0.426. The fraction of sp³-hybridized carbons (Fsp3) is 0.500. The molecule has 22 heavy (non-hydrogen) atoms. The number of nitrogens with one attached hydrogen (secondary N) is 1. The van der Waals surface area contributed by atoms with Crippen LogP contribution in [0.1, 0.15) is 39.2 Å². The molecule has 0 bridgehead atoms. The van der Waals surface area contributed by atoms with E-state index in [2.05, 4.69) is 11.4 Å². The van der Waals surface area contributed by atoms with Gasteiger partial charge in [0.1, 0.15) is 5.60 Å². The van der Waals surface area contributed by atoms with E-state index >= 15 is 0 Å². The topological polar surface area (TPSA) is 80.6 Å². The van der Waals surface area contributed by atoms with Gasteiger partial charge in [-0.15, -0.1) is 0 Å². The summed E-state index contributed by atoms with van der Waals surface area (Å²) in [6.07, 6.45) is -0.592. The zero-order valence-electron chi connectivity index (χ0n) is 13.8. The number of hydrogen-bond acceptors (Lipinski definition) is 5. The molecule has 0 fully saturated rings. The Morgan fingerprint density at radius 3 is 2.23 bits per heavy atom. The Hall–Kier alpha value is -2.42. The van der Waals surface area contributed by atoms with Crippen molar-refractivity contribution in [2.45, 2.75) is 39.2 Å². The van der Waals surface area contributed by atoms with E-state index in [1.54, 1.807) is 39.8 Å². The molecule has 6 nitrogen and oxygen atoms in total. The van der Waals surface area contributed by atoms with Gasteiger partial charge < -0.3 is 14.2 Å². The van der Waals surface area contributed by atoms with Gasteiger partial charge in [-0.2, -0.15) is 5.26 Å². The highest BCUT2D eigenvalue weighted by molar-refractivity contribution is 5.87. The lowest BCUT2D eigenvalue weighted by Gasteiger charge is -2.21. The predicted molar refractivity (Wildman–Crippen MR) is 83.4 cm³/mol. The van der Waals surface area contributed by atoms with E-state index in [1.807, 2.05) is 0 Å². The van der Waals surface area contributed by atoms with Gasteiger partial charge in [-0.05, 0) is 39.3 Å². The van der Waals surface area contributed by atoms with Crippen LogP contribution >= 0.6 is 0 Å². The van der Waals surface area contributed by atoms with E-state index in [1.165, 1.54) is 14.2 Å². The Balaban J connectivity index is 3.21. The number of amides is 1. The molecule has 0 aromatic heterocycles. The molecule has 0 radical (unpaired) electrons. The maximum Gasteiger partial charge on any atom is 0.412 e. The van der Waals surface area contributed by atoms with Crippen LogP contribution in [-0.2, 0) is 4.74 Å². The highest BCUT2D eigenvalue weighted by atomic mass is 16.6. The third kappa shape index (κ3) is 4.55. The van der Waals surface area contributed by atoms with Crippen molar-refractivity contribution in [3.63, 3.8) is 0 Å². The molecule has 120 valence electrons. The monoisotopic (exact) mass is 306 g/mol. The molecule has 0 saturated carbocycles. The fourth-order valence-electron chi connectivity index (χ4n) is 1.84. The first-order valence-electron chi connectivity index (χ1n) is 6.87. The van der Waals surface area contributed by atoms with Crippen molar-refractivity contribution >= 4 is 11.8 Å². The van der Waals surface area contributed by atoms with Crippen LogP contribution in [0, 0.1) is 11.3 Å². The maximum absolute atomic E-state index is 12.0. The predicted octanol–water partition coefficient (Wildman–Crippen LogP) is 3.68. The quantitative estimate of drug-likeness (QED) is 0.917. The highest BCUT2D eigenvalue weighted by Gasteiger charge is 2.21. The van der Waals surface area contributed by atoms with Gasteiger partial charge in [0.05, 0.1) is 31.9 Å². The largest absolute Gasteiger partial charge is 0.493 e. The minimum Gasteiger partial charge on any atom is -0.493 e. The van der Waals surface area contributed by atoms with E-state index in [4.69, 9.17) is 19.5 Å². The molecular formula is C16H22N2O4. The fourth-order valence-corrected chi connectivity index (χ4v) is 1.84. The van der Waals surface area contributed by atoms with Gasteiger partial charge in [-0.25, -0.2) is 4.79 Å². The number of rotatable bonds is 4. The average Bonchev–Trinajstić information content (AvgIpc) is 2.43. The van der Waals surface area contributed by atoms with Crippen LogP contribution in [0.25, 0.3) is 0 Å². The summed E-state index contributed by atoms with van der Waals surface area (Å²) in [6, 6.07) is 5.44. The Labute approximate surface area is 131 Å². The molecule has 6 heteroatoms. The first-order chi connectivity index (χ1) is 10.2. The molecule has 0 aliphatic heterocycles. The molecule has 1 aromatic carbocycles. The maximum atomic E-state index is 12.0.